The molecule has 0 aromatic heterocycles. The van der Waals surface area contributed by atoms with E-state index in [2.05, 4.69) is 10.2 Å². The number of ether oxygens (including phenoxy) is 1. The molecule has 0 atom stereocenters. The van der Waals surface area contributed by atoms with E-state index in [-0.39, 0.29) is 5.91 Å². The highest BCUT2D eigenvalue weighted by Gasteiger charge is 2.44. The molecule has 0 unspecified atom stereocenters. The number of halogens is 1. The molecular weight excluding hydrogens is 324 g/mol. The Labute approximate surface area is 149 Å². The molecule has 0 spiro atoms. The fourth-order valence-electron chi connectivity index (χ4n) is 4.06. The second-order valence-electron chi connectivity index (χ2n) is 7.00. The van der Waals surface area contributed by atoms with Gasteiger partial charge in [-0.05, 0) is 62.9 Å². The van der Waals surface area contributed by atoms with Crippen molar-refractivity contribution >= 4 is 17.5 Å². The molecule has 132 valence electrons. The van der Waals surface area contributed by atoms with Gasteiger partial charge in [-0.25, -0.2) is 0 Å². The standard InChI is InChI=1S/C19H27ClN2O2/c1-21-14-15-5-9-22(10-6-15)18(23)19(7-11-24-12-8-19)16-3-2-4-17(20)13-16/h2-4,13,15,21H,5-12,14H2,1H3. The van der Waals surface area contributed by atoms with Crippen molar-refractivity contribution < 1.29 is 9.53 Å². The Kier molecular flexibility index (Phi) is 5.80. The molecule has 1 aromatic rings. The Morgan fingerprint density at radius 2 is 2.04 bits per heavy atom. The zero-order chi connectivity index (χ0) is 17.0. The fraction of sp³-hybridized carbons (Fsp3) is 0.632. The summed E-state index contributed by atoms with van der Waals surface area (Å²) >= 11 is 6.21. The number of nitrogens with zero attached hydrogens (tertiary/aromatic N) is 1. The maximum atomic E-state index is 13.5. The van der Waals surface area contributed by atoms with Gasteiger partial charge in [0.25, 0.3) is 0 Å². The van der Waals surface area contributed by atoms with Crippen LogP contribution in [-0.2, 0) is 14.9 Å². The summed E-state index contributed by atoms with van der Waals surface area (Å²) in [6, 6.07) is 7.81. The summed E-state index contributed by atoms with van der Waals surface area (Å²) < 4.78 is 5.55. The summed E-state index contributed by atoms with van der Waals surface area (Å²) in [7, 11) is 1.99. The van der Waals surface area contributed by atoms with E-state index in [0.29, 0.717) is 24.2 Å². The Bertz CT molecular complexity index is 564. The Morgan fingerprint density at radius 1 is 1.33 bits per heavy atom. The number of nitrogens with one attached hydrogen (secondary N) is 1. The lowest BCUT2D eigenvalue weighted by Crippen LogP contribution is -2.52. The van der Waals surface area contributed by atoms with Crippen molar-refractivity contribution in [3.8, 4) is 0 Å². The molecule has 2 fully saturated rings. The van der Waals surface area contributed by atoms with Crippen LogP contribution in [0.3, 0.4) is 0 Å². The largest absolute Gasteiger partial charge is 0.381 e. The van der Waals surface area contributed by atoms with Crippen molar-refractivity contribution in [3.05, 3.63) is 34.9 Å². The third kappa shape index (κ3) is 3.61. The highest BCUT2D eigenvalue weighted by Crippen LogP contribution is 2.38. The number of likely N-dealkylation sites (tertiary alicyclic amines) is 1. The first kappa shape index (κ1) is 17.7. The molecule has 1 amide bonds. The Balaban J connectivity index is 1.80. The average Bonchev–Trinajstić information content (AvgIpc) is 2.63. The van der Waals surface area contributed by atoms with E-state index in [9.17, 15) is 4.79 Å². The van der Waals surface area contributed by atoms with E-state index in [0.717, 1.165) is 50.9 Å². The number of amides is 1. The van der Waals surface area contributed by atoms with Gasteiger partial charge in [0.15, 0.2) is 0 Å². The minimum atomic E-state index is -0.473. The number of benzene rings is 1. The molecule has 0 bridgehead atoms. The Hall–Kier alpha value is -1.10. The zero-order valence-corrected chi connectivity index (χ0v) is 15.1. The molecule has 2 saturated heterocycles. The fourth-order valence-corrected chi connectivity index (χ4v) is 4.25. The van der Waals surface area contributed by atoms with Crippen LogP contribution in [0.15, 0.2) is 24.3 Å². The lowest BCUT2D eigenvalue weighted by molar-refractivity contribution is -0.142. The zero-order valence-electron chi connectivity index (χ0n) is 14.4. The summed E-state index contributed by atoms with van der Waals surface area (Å²) in [6.07, 6.45) is 3.63. The van der Waals surface area contributed by atoms with Gasteiger partial charge in [0.05, 0.1) is 5.41 Å². The van der Waals surface area contributed by atoms with Gasteiger partial charge in [-0.2, -0.15) is 0 Å². The van der Waals surface area contributed by atoms with Crippen LogP contribution >= 0.6 is 11.6 Å². The van der Waals surface area contributed by atoms with Gasteiger partial charge in [0, 0.05) is 31.3 Å². The van der Waals surface area contributed by atoms with E-state index in [1.807, 2.05) is 31.3 Å². The van der Waals surface area contributed by atoms with Crippen molar-refractivity contribution in [2.75, 3.05) is 39.9 Å². The van der Waals surface area contributed by atoms with Crippen molar-refractivity contribution in [2.45, 2.75) is 31.1 Å². The molecule has 3 rings (SSSR count). The number of carbonyl (C=O) groups excluding carboxylic acids is 1. The monoisotopic (exact) mass is 350 g/mol. The van der Waals surface area contributed by atoms with Crippen LogP contribution in [0.2, 0.25) is 5.02 Å². The van der Waals surface area contributed by atoms with Gasteiger partial charge in [0.1, 0.15) is 0 Å². The molecule has 5 heteroatoms. The third-order valence-electron chi connectivity index (χ3n) is 5.53. The van der Waals surface area contributed by atoms with Crippen LogP contribution in [0.5, 0.6) is 0 Å². The van der Waals surface area contributed by atoms with E-state index in [1.54, 1.807) is 0 Å². The van der Waals surface area contributed by atoms with E-state index in [1.165, 1.54) is 0 Å². The SMILES string of the molecule is CNCC1CCN(C(=O)C2(c3cccc(Cl)c3)CCOCC2)CC1. The smallest absolute Gasteiger partial charge is 0.233 e. The lowest BCUT2D eigenvalue weighted by atomic mass is 9.72. The normalized spacial score (nSPS) is 21.7. The highest BCUT2D eigenvalue weighted by atomic mass is 35.5. The summed E-state index contributed by atoms with van der Waals surface area (Å²) in [6.45, 7) is 4.01. The summed E-state index contributed by atoms with van der Waals surface area (Å²) in [4.78, 5) is 15.5. The number of hydrogen-bond acceptors (Lipinski definition) is 3. The van der Waals surface area contributed by atoms with E-state index < -0.39 is 5.41 Å². The first-order chi connectivity index (χ1) is 11.7. The van der Waals surface area contributed by atoms with Gasteiger partial charge in [-0.3, -0.25) is 4.79 Å². The molecule has 2 aliphatic rings. The molecule has 4 nitrogen and oxygen atoms in total. The van der Waals surface area contributed by atoms with Gasteiger partial charge in [-0.1, -0.05) is 23.7 Å². The van der Waals surface area contributed by atoms with Gasteiger partial charge in [-0.15, -0.1) is 0 Å². The Morgan fingerprint density at radius 3 is 2.67 bits per heavy atom. The first-order valence-electron chi connectivity index (χ1n) is 8.93. The van der Waals surface area contributed by atoms with Crippen LogP contribution in [-0.4, -0.2) is 50.7 Å². The van der Waals surface area contributed by atoms with Crippen molar-refractivity contribution in [3.63, 3.8) is 0 Å². The number of hydrogen-bond donors (Lipinski definition) is 1. The second kappa shape index (κ2) is 7.85. The predicted octanol–water partition coefficient (Wildman–Crippen LogP) is 2.85. The van der Waals surface area contributed by atoms with Crippen LogP contribution in [0.25, 0.3) is 0 Å². The molecule has 0 saturated carbocycles. The van der Waals surface area contributed by atoms with E-state index in [4.69, 9.17) is 16.3 Å². The third-order valence-corrected chi connectivity index (χ3v) is 5.76. The number of piperidine rings is 1. The highest BCUT2D eigenvalue weighted by molar-refractivity contribution is 6.30. The second-order valence-corrected chi connectivity index (χ2v) is 7.43. The molecule has 2 aliphatic heterocycles. The van der Waals surface area contributed by atoms with Crippen molar-refractivity contribution in [2.24, 2.45) is 5.92 Å². The molecule has 24 heavy (non-hydrogen) atoms. The minimum Gasteiger partial charge on any atom is -0.381 e. The molecule has 1 aromatic carbocycles. The maximum absolute atomic E-state index is 13.5. The first-order valence-corrected chi connectivity index (χ1v) is 9.31. The van der Waals surface area contributed by atoms with Crippen LogP contribution in [0.4, 0.5) is 0 Å². The lowest BCUT2D eigenvalue weighted by Gasteiger charge is -2.42. The summed E-state index contributed by atoms with van der Waals surface area (Å²) in [5.74, 6) is 0.937. The molecule has 0 aliphatic carbocycles. The molecule has 1 N–H and O–H groups in total. The molecule has 2 heterocycles. The summed E-state index contributed by atoms with van der Waals surface area (Å²) in [5, 5.41) is 3.94. The molecule has 0 radical (unpaired) electrons. The van der Waals surface area contributed by atoms with Gasteiger partial charge < -0.3 is 15.0 Å². The molecular formula is C19H27ClN2O2. The quantitative estimate of drug-likeness (QED) is 0.907. The van der Waals surface area contributed by atoms with E-state index >= 15 is 0 Å². The minimum absolute atomic E-state index is 0.260. The topological polar surface area (TPSA) is 41.6 Å². The number of rotatable bonds is 4. The van der Waals surface area contributed by atoms with Crippen LogP contribution < -0.4 is 5.32 Å². The number of carbonyl (C=O) groups is 1. The average molecular weight is 351 g/mol. The van der Waals surface area contributed by atoms with Gasteiger partial charge in [0.2, 0.25) is 5.91 Å². The van der Waals surface area contributed by atoms with Crippen LogP contribution in [0.1, 0.15) is 31.2 Å². The van der Waals surface area contributed by atoms with Crippen molar-refractivity contribution in [1.82, 2.24) is 10.2 Å². The summed E-state index contributed by atoms with van der Waals surface area (Å²) in [5.41, 5.74) is 0.569. The van der Waals surface area contributed by atoms with Crippen LogP contribution in [0, 0.1) is 5.92 Å². The predicted molar refractivity (Wildman–Crippen MR) is 96.4 cm³/mol. The maximum Gasteiger partial charge on any atom is 0.233 e. The van der Waals surface area contributed by atoms with Gasteiger partial charge >= 0.3 is 0 Å². The van der Waals surface area contributed by atoms with Crippen molar-refractivity contribution in [1.29, 1.82) is 0 Å².